The molecule has 0 amide bonds. The van der Waals surface area contributed by atoms with E-state index in [1.807, 2.05) is 73.7 Å². The molecule has 46 heavy (non-hydrogen) atoms. The summed E-state index contributed by atoms with van der Waals surface area (Å²) in [5, 5.41) is 0. The van der Waals surface area contributed by atoms with Gasteiger partial charge in [-0.3, -0.25) is 6.42 Å². The van der Waals surface area contributed by atoms with Crippen molar-refractivity contribution in [1.82, 2.24) is 4.67 Å². The van der Waals surface area contributed by atoms with Gasteiger partial charge in [-0.15, -0.1) is 0 Å². The first-order valence-electron chi connectivity index (χ1n) is 15.4. The molecule has 1 aliphatic heterocycles. The Morgan fingerprint density at radius 2 is 1.39 bits per heavy atom. The third-order valence-corrected chi connectivity index (χ3v) is 9.85. The number of ether oxygens (including phenoxy) is 4. The van der Waals surface area contributed by atoms with Crippen molar-refractivity contribution in [3.63, 3.8) is 0 Å². The van der Waals surface area contributed by atoms with E-state index in [4.69, 9.17) is 34.6 Å². The van der Waals surface area contributed by atoms with Gasteiger partial charge in [0.1, 0.15) is 23.7 Å². The van der Waals surface area contributed by atoms with Gasteiger partial charge in [0.25, 0.3) is 8.53 Å². The maximum Gasteiger partial charge on any atom is 0.257 e. The van der Waals surface area contributed by atoms with E-state index in [9.17, 15) is 0 Å². The van der Waals surface area contributed by atoms with Crippen LogP contribution >= 0.6 is 8.53 Å². The zero-order valence-corrected chi connectivity index (χ0v) is 31.7. The molecule has 245 valence electrons. The maximum atomic E-state index is 7.22. The molecule has 1 saturated heterocycles. The van der Waals surface area contributed by atoms with Gasteiger partial charge in [-0.05, 0) is 74.8 Å². The van der Waals surface area contributed by atoms with E-state index in [1.54, 1.807) is 14.2 Å². The summed E-state index contributed by atoms with van der Waals surface area (Å²) in [5.74, 6) is 1.52. The Kier molecular flexibility index (Phi) is 15.6. The fraction of sp³-hybridized carbons (Fsp3) is 0.444. The maximum absolute atomic E-state index is 7.22. The SMILES string of the molecule is [C-]#[N+]CCOP(OC1[CH-][C@H](C)O[C@@H]1COC(c1ccccc1)(c1ccc(OC)cc1)c1ccc(OC)cc1)N(C(C)C)C(C)C.[Y]. The molecule has 8 nitrogen and oxygen atoms in total. The zero-order valence-electron chi connectivity index (χ0n) is 28.0. The van der Waals surface area contributed by atoms with Gasteiger partial charge in [-0.1, -0.05) is 67.6 Å². The predicted molar refractivity (Wildman–Crippen MR) is 178 cm³/mol. The second-order valence-corrected chi connectivity index (χ2v) is 12.9. The van der Waals surface area contributed by atoms with E-state index in [0.29, 0.717) is 6.61 Å². The molecule has 10 heteroatoms. The molecular formula is C36H46N2O6PY-. The molecule has 0 aromatic heterocycles. The molecule has 0 bridgehead atoms. The summed E-state index contributed by atoms with van der Waals surface area (Å²) in [6.45, 7) is 18.6. The summed E-state index contributed by atoms with van der Waals surface area (Å²) in [7, 11) is 1.87. The van der Waals surface area contributed by atoms with Gasteiger partial charge in [0.05, 0.1) is 26.9 Å². The Hall–Kier alpha value is -1.92. The quantitative estimate of drug-likeness (QED) is 0.0651. The Morgan fingerprint density at radius 3 is 1.87 bits per heavy atom. The molecule has 3 aromatic carbocycles. The molecule has 4 atom stereocenters. The van der Waals surface area contributed by atoms with Crippen LogP contribution in [0.4, 0.5) is 0 Å². The summed E-state index contributed by atoms with van der Waals surface area (Å²) in [5.41, 5.74) is 1.90. The molecule has 1 radical (unpaired) electrons. The topological polar surface area (TPSA) is 63.0 Å². The largest absolute Gasteiger partial charge is 0.497 e. The van der Waals surface area contributed by atoms with Crippen molar-refractivity contribution in [2.45, 2.75) is 70.6 Å². The third kappa shape index (κ3) is 9.37. The van der Waals surface area contributed by atoms with E-state index in [-0.39, 0.29) is 70.2 Å². The zero-order chi connectivity index (χ0) is 32.4. The van der Waals surface area contributed by atoms with Crippen molar-refractivity contribution in [3.05, 3.63) is 113 Å². The van der Waals surface area contributed by atoms with Gasteiger partial charge in [0, 0.05) is 44.8 Å². The van der Waals surface area contributed by atoms with Crippen molar-refractivity contribution in [2.75, 3.05) is 34.0 Å². The number of hydrogen-bond donors (Lipinski definition) is 0. The monoisotopic (exact) mass is 722 g/mol. The van der Waals surface area contributed by atoms with Crippen LogP contribution in [-0.2, 0) is 56.8 Å². The Bertz CT molecular complexity index is 1300. The van der Waals surface area contributed by atoms with Crippen molar-refractivity contribution in [2.24, 2.45) is 0 Å². The average Bonchev–Trinajstić information content (AvgIpc) is 3.40. The van der Waals surface area contributed by atoms with Crippen molar-refractivity contribution in [3.8, 4) is 11.5 Å². The molecule has 3 aromatic rings. The summed E-state index contributed by atoms with van der Waals surface area (Å²) >= 11 is 0. The number of hydrogen-bond acceptors (Lipinski definition) is 7. The Morgan fingerprint density at radius 1 is 0.870 bits per heavy atom. The van der Waals surface area contributed by atoms with Crippen molar-refractivity contribution in [1.29, 1.82) is 0 Å². The van der Waals surface area contributed by atoms with Gasteiger partial charge >= 0.3 is 0 Å². The van der Waals surface area contributed by atoms with E-state index in [1.165, 1.54) is 0 Å². The summed E-state index contributed by atoms with van der Waals surface area (Å²) in [6, 6.07) is 26.6. The predicted octanol–water partition coefficient (Wildman–Crippen LogP) is 7.67. The van der Waals surface area contributed by atoms with Gasteiger partial charge in [-0.2, -0.15) is 0 Å². The van der Waals surface area contributed by atoms with Crippen LogP contribution in [0.5, 0.6) is 11.5 Å². The Balaban J connectivity index is 0.00000576. The molecule has 0 saturated carbocycles. The minimum absolute atomic E-state index is 0. The molecular weight excluding hydrogens is 676 g/mol. The van der Waals surface area contributed by atoms with E-state index >= 15 is 0 Å². The van der Waals surface area contributed by atoms with Gasteiger partial charge in [0.15, 0.2) is 0 Å². The van der Waals surface area contributed by atoms with Crippen LogP contribution in [0.2, 0.25) is 0 Å². The summed E-state index contributed by atoms with van der Waals surface area (Å²) in [4.78, 5) is 3.47. The minimum Gasteiger partial charge on any atom is -0.497 e. The molecule has 0 aliphatic carbocycles. The molecule has 0 N–H and O–H groups in total. The molecule has 1 heterocycles. The molecule has 1 fully saturated rings. The second-order valence-electron chi connectivity index (χ2n) is 11.5. The first-order valence-corrected chi connectivity index (χ1v) is 16.6. The van der Waals surface area contributed by atoms with Crippen LogP contribution in [0, 0.1) is 13.0 Å². The number of methoxy groups -OCH3 is 2. The van der Waals surface area contributed by atoms with E-state index < -0.39 is 20.2 Å². The van der Waals surface area contributed by atoms with Gasteiger partial charge < -0.3 is 32.8 Å². The van der Waals surface area contributed by atoms with Crippen LogP contribution in [-0.4, -0.2) is 69.0 Å². The Labute approximate surface area is 301 Å². The van der Waals surface area contributed by atoms with Crippen molar-refractivity contribution < 1.29 is 60.7 Å². The number of benzene rings is 3. The van der Waals surface area contributed by atoms with Crippen LogP contribution in [0.1, 0.15) is 51.3 Å². The summed E-state index contributed by atoms with van der Waals surface area (Å²) in [6.07, 6.45) is 1.17. The smallest absolute Gasteiger partial charge is 0.257 e. The second kappa shape index (κ2) is 18.6. The molecule has 0 spiro atoms. The fourth-order valence-electron chi connectivity index (χ4n) is 5.70. The molecule has 2 unspecified atom stereocenters. The standard InChI is InChI=1S/C36H46N2O6P.Y/c1-26(2)38(27(3)4)45(42-23-22-37-6)44-34-24-28(5)43-35(34)25-41-36(29-12-10-9-11-13-29,30-14-18-32(39-7)19-15-30)31-16-20-33(40-8)21-17-31;/h9-21,24,26-28,34-35H,22-23,25H2,1-5,7-8H3;/q-1;/t28-,34?,35+,45?;/m0./s1. The van der Waals surface area contributed by atoms with Crippen LogP contribution in [0.15, 0.2) is 78.9 Å². The van der Waals surface area contributed by atoms with Crippen LogP contribution in [0.3, 0.4) is 0 Å². The summed E-state index contributed by atoms with van der Waals surface area (Å²) < 4.78 is 39.7. The fourth-order valence-corrected chi connectivity index (χ4v) is 7.41. The van der Waals surface area contributed by atoms with E-state index in [0.717, 1.165) is 28.2 Å². The van der Waals surface area contributed by atoms with Crippen LogP contribution < -0.4 is 9.47 Å². The normalized spacial score (nSPS) is 18.8. The minimum atomic E-state index is -1.46. The molecule has 4 rings (SSSR count). The number of nitrogens with zero attached hydrogens (tertiary/aromatic N) is 2. The van der Waals surface area contributed by atoms with E-state index in [2.05, 4.69) is 55.8 Å². The average molecular weight is 723 g/mol. The van der Waals surface area contributed by atoms with Crippen molar-refractivity contribution >= 4 is 8.53 Å². The van der Waals surface area contributed by atoms with Crippen LogP contribution in [0.25, 0.3) is 4.85 Å². The molecule has 1 aliphatic rings. The van der Waals surface area contributed by atoms with Gasteiger partial charge in [-0.25, -0.2) is 11.2 Å². The van der Waals surface area contributed by atoms with Gasteiger partial charge in [0.2, 0.25) is 6.54 Å². The first-order chi connectivity index (χ1) is 21.7. The number of rotatable bonds is 16. The first kappa shape index (κ1) is 38.5. The third-order valence-electron chi connectivity index (χ3n) is 7.72.